The van der Waals surface area contributed by atoms with Gasteiger partial charge in [-0.3, -0.25) is 0 Å². The molecule has 0 bridgehead atoms. The summed E-state index contributed by atoms with van der Waals surface area (Å²) in [6.45, 7) is 6.91. The van der Waals surface area contributed by atoms with Crippen LogP contribution in [-0.2, 0) is 6.18 Å². The molecule has 21 heavy (non-hydrogen) atoms. The van der Waals surface area contributed by atoms with Crippen LogP contribution < -0.4 is 10.2 Å². The van der Waals surface area contributed by atoms with Crippen LogP contribution in [0.2, 0.25) is 0 Å². The van der Waals surface area contributed by atoms with Gasteiger partial charge in [0.15, 0.2) is 0 Å². The largest absolute Gasteiger partial charge is 0.417 e. The molecule has 1 N–H and O–H groups in total. The van der Waals surface area contributed by atoms with Gasteiger partial charge in [-0.05, 0) is 57.8 Å². The molecule has 1 aromatic rings. The predicted octanol–water partition coefficient (Wildman–Crippen LogP) is 3.31. The summed E-state index contributed by atoms with van der Waals surface area (Å²) in [7, 11) is 0. The molecule has 0 aliphatic carbocycles. The van der Waals surface area contributed by atoms with E-state index in [1.807, 2.05) is 13.8 Å². The Bertz CT molecular complexity index is 436. The predicted molar refractivity (Wildman–Crippen MR) is 77.3 cm³/mol. The number of pyridine rings is 1. The van der Waals surface area contributed by atoms with Crippen LogP contribution in [0.25, 0.3) is 0 Å². The van der Waals surface area contributed by atoms with E-state index in [1.54, 1.807) is 0 Å². The smallest absolute Gasteiger partial charge is 0.354 e. The van der Waals surface area contributed by atoms with E-state index in [1.165, 1.54) is 6.07 Å². The molecular formula is C15H22F3N3. The van der Waals surface area contributed by atoms with Crippen LogP contribution in [0.15, 0.2) is 18.3 Å². The zero-order valence-corrected chi connectivity index (χ0v) is 12.5. The Balaban J connectivity index is 2.10. The van der Waals surface area contributed by atoms with E-state index in [2.05, 4.69) is 15.2 Å². The lowest BCUT2D eigenvalue weighted by Gasteiger charge is -2.33. The number of alkyl halides is 3. The molecule has 1 aliphatic rings. The topological polar surface area (TPSA) is 28.2 Å². The fourth-order valence-electron chi connectivity index (χ4n) is 2.65. The molecule has 1 unspecified atom stereocenters. The van der Waals surface area contributed by atoms with E-state index in [9.17, 15) is 13.2 Å². The molecule has 0 aromatic carbocycles. The van der Waals surface area contributed by atoms with Crippen molar-refractivity contribution in [2.75, 3.05) is 24.5 Å². The Morgan fingerprint density at radius 3 is 2.62 bits per heavy atom. The standard InChI is InChI=1S/C15H22F3N3/c1-11(2)21(10-12-4-3-7-19-8-12)14-6-5-13(9-20-14)15(16,17)18/h5-6,9,11-12,19H,3-4,7-8,10H2,1-2H3. The van der Waals surface area contributed by atoms with Crippen LogP contribution in [0.5, 0.6) is 0 Å². The maximum atomic E-state index is 12.6. The van der Waals surface area contributed by atoms with E-state index in [-0.39, 0.29) is 6.04 Å². The molecule has 118 valence electrons. The van der Waals surface area contributed by atoms with Crippen molar-refractivity contribution in [3.63, 3.8) is 0 Å². The lowest BCUT2D eigenvalue weighted by Crippen LogP contribution is -2.41. The van der Waals surface area contributed by atoms with Gasteiger partial charge in [0.25, 0.3) is 0 Å². The van der Waals surface area contributed by atoms with Crippen molar-refractivity contribution in [2.45, 2.75) is 38.9 Å². The maximum absolute atomic E-state index is 12.6. The first kappa shape index (κ1) is 16.1. The maximum Gasteiger partial charge on any atom is 0.417 e. The number of aromatic nitrogens is 1. The number of halogens is 3. The summed E-state index contributed by atoms with van der Waals surface area (Å²) in [6.07, 6.45) is -1.11. The molecule has 2 rings (SSSR count). The molecule has 2 heterocycles. The third-order valence-corrected chi connectivity index (χ3v) is 3.85. The Morgan fingerprint density at radius 2 is 2.14 bits per heavy atom. The molecule has 0 saturated carbocycles. The van der Waals surface area contributed by atoms with Crippen molar-refractivity contribution in [3.8, 4) is 0 Å². The van der Waals surface area contributed by atoms with E-state index >= 15 is 0 Å². The molecule has 1 aromatic heterocycles. The van der Waals surface area contributed by atoms with Crippen LogP contribution in [0.3, 0.4) is 0 Å². The van der Waals surface area contributed by atoms with Crippen LogP contribution in [0, 0.1) is 5.92 Å². The molecule has 1 saturated heterocycles. The van der Waals surface area contributed by atoms with E-state index in [0.29, 0.717) is 11.7 Å². The molecule has 1 atom stereocenters. The average Bonchev–Trinajstić information content (AvgIpc) is 2.45. The number of hydrogen-bond donors (Lipinski definition) is 1. The van der Waals surface area contributed by atoms with Gasteiger partial charge >= 0.3 is 6.18 Å². The van der Waals surface area contributed by atoms with Crippen LogP contribution >= 0.6 is 0 Å². The summed E-state index contributed by atoms with van der Waals surface area (Å²) >= 11 is 0. The lowest BCUT2D eigenvalue weighted by molar-refractivity contribution is -0.137. The van der Waals surface area contributed by atoms with E-state index in [0.717, 1.165) is 44.7 Å². The number of anilines is 1. The van der Waals surface area contributed by atoms with Gasteiger partial charge in [-0.15, -0.1) is 0 Å². The zero-order valence-electron chi connectivity index (χ0n) is 12.5. The first-order valence-electron chi connectivity index (χ1n) is 7.38. The zero-order chi connectivity index (χ0) is 15.5. The minimum Gasteiger partial charge on any atom is -0.354 e. The van der Waals surface area contributed by atoms with Crippen LogP contribution in [0.1, 0.15) is 32.3 Å². The third kappa shape index (κ3) is 4.33. The minimum atomic E-state index is -4.33. The summed E-state index contributed by atoms with van der Waals surface area (Å²) in [4.78, 5) is 6.10. The first-order valence-corrected chi connectivity index (χ1v) is 7.38. The monoisotopic (exact) mass is 301 g/mol. The van der Waals surface area contributed by atoms with Gasteiger partial charge in [0.05, 0.1) is 5.56 Å². The van der Waals surface area contributed by atoms with Crippen molar-refractivity contribution in [1.82, 2.24) is 10.3 Å². The van der Waals surface area contributed by atoms with Crippen molar-refractivity contribution in [3.05, 3.63) is 23.9 Å². The second-order valence-corrected chi connectivity index (χ2v) is 5.86. The van der Waals surface area contributed by atoms with Crippen molar-refractivity contribution < 1.29 is 13.2 Å². The van der Waals surface area contributed by atoms with Gasteiger partial charge in [-0.25, -0.2) is 4.98 Å². The van der Waals surface area contributed by atoms with Crippen molar-refractivity contribution in [1.29, 1.82) is 0 Å². The highest BCUT2D eigenvalue weighted by molar-refractivity contribution is 5.40. The fraction of sp³-hybridized carbons (Fsp3) is 0.667. The Hall–Kier alpha value is -1.30. The fourth-order valence-corrected chi connectivity index (χ4v) is 2.65. The van der Waals surface area contributed by atoms with Crippen LogP contribution in [0.4, 0.5) is 19.0 Å². The molecule has 6 heteroatoms. The second-order valence-electron chi connectivity index (χ2n) is 5.86. The number of nitrogens with one attached hydrogen (secondary N) is 1. The van der Waals surface area contributed by atoms with Gasteiger partial charge in [0.2, 0.25) is 0 Å². The Labute approximate surface area is 123 Å². The van der Waals surface area contributed by atoms with Gasteiger partial charge in [0.1, 0.15) is 5.82 Å². The summed E-state index contributed by atoms with van der Waals surface area (Å²) in [5, 5.41) is 3.36. The summed E-state index contributed by atoms with van der Waals surface area (Å²) < 4.78 is 37.8. The summed E-state index contributed by atoms with van der Waals surface area (Å²) in [5.74, 6) is 1.13. The number of rotatable bonds is 4. The summed E-state index contributed by atoms with van der Waals surface area (Å²) in [5.41, 5.74) is -0.700. The van der Waals surface area contributed by atoms with E-state index < -0.39 is 11.7 Å². The number of hydrogen-bond acceptors (Lipinski definition) is 3. The van der Waals surface area contributed by atoms with Gasteiger partial charge in [-0.2, -0.15) is 13.2 Å². The number of nitrogens with zero attached hydrogens (tertiary/aromatic N) is 2. The van der Waals surface area contributed by atoms with Crippen LogP contribution in [-0.4, -0.2) is 30.7 Å². The molecule has 0 spiro atoms. The van der Waals surface area contributed by atoms with Crippen molar-refractivity contribution >= 4 is 5.82 Å². The second kappa shape index (κ2) is 6.64. The van der Waals surface area contributed by atoms with Gasteiger partial charge < -0.3 is 10.2 Å². The Kier molecular flexibility index (Phi) is 5.08. The summed E-state index contributed by atoms with van der Waals surface area (Å²) in [6, 6.07) is 2.78. The van der Waals surface area contributed by atoms with Gasteiger partial charge in [0, 0.05) is 18.8 Å². The van der Waals surface area contributed by atoms with Crippen molar-refractivity contribution in [2.24, 2.45) is 5.92 Å². The van der Waals surface area contributed by atoms with Gasteiger partial charge in [-0.1, -0.05) is 0 Å². The van der Waals surface area contributed by atoms with E-state index in [4.69, 9.17) is 0 Å². The number of piperidine rings is 1. The molecule has 0 radical (unpaired) electrons. The quantitative estimate of drug-likeness (QED) is 0.925. The molecule has 3 nitrogen and oxygen atoms in total. The third-order valence-electron chi connectivity index (χ3n) is 3.85. The first-order chi connectivity index (χ1) is 9.88. The lowest BCUT2D eigenvalue weighted by atomic mass is 9.98. The molecule has 0 amide bonds. The average molecular weight is 301 g/mol. The minimum absolute atomic E-state index is 0.205. The highest BCUT2D eigenvalue weighted by Crippen LogP contribution is 2.30. The normalized spacial score (nSPS) is 19.8. The highest BCUT2D eigenvalue weighted by Gasteiger charge is 2.31. The molecule has 1 aliphatic heterocycles. The SMILES string of the molecule is CC(C)N(CC1CCCNC1)c1ccc(C(F)(F)F)cn1. The molecular weight excluding hydrogens is 279 g/mol. The molecule has 1 fully saturated rings. The highest BCUT2D eigenvalue weighted by atomic mass is 19.4. The Morgan fingerprint density at radius 1 is 1.38 bits per heavy atom.